The van der Waals surface area contributed by atoms with Gasteiger partial charge in [0.15, 0.2) is 0 Å². The van der Waals surface area contributed by atoms with Crippen LogP contribution in [0, 0.1) is 0 Å². The summed E-state index contributed by atoms with van der Waals surface area (Å²) in [7, 11) is 0. The molecule has 82 valence electrons. The van der Waals surface area contributed by atoms with E-state index in [0.717, 1.165) is 17.1 Å². The lowest BCUT2D eigenvalue weighted by molar-refractivity contribution is 1.11. The molecule has 3 N–H and O–H groups in total. The number of aromatic nitrogens is 1. The molecule has 4 heteroatoms. The number of nitrogens with two attached hydrogens (primary N) is 1. The molecule has 0 atom stereocenters. The number of halogens is 1. The zero-order valence-electron chi connectivity index (χ0n) is 8.65. The predicted octanol–water partition coefficient (Wildman–Crippen LogP) is 2.93. The Morgan fingerprint density at radius 3 is 2.69 bits per heavy atom. The van der Waals surface area contributed by atoms with Gasteiger partial charge in [0.25, 0.3) is 0 Å². The van der Waals surface area contributed by atoms with Gasteiger partial charge in [0.05, 0.1) is 5.02 Å². The predicted molar refractivity (Wildman–Crippen MR) is 67.4 cm³/mol. The van der Waals surface area contributed by atoms with Gasteiger partial charge in [-0.1, -0.05) is 29.8 Å². The molecule has 0 amide bonds. The van der Waals surface area contributed by atoms with Crippen LogP contribution < -0.4 is 11.1 Å². The normalized spacial score (nSPS) is 10.1. The van der Waals surface area contributed by atoms with Gasteiger partial charge >= 0.3 is 0 Å². The zero-order chi connectivity index (χ0) is 11.4. The van der Waals surface area contributed by atoms with Crippen LogP contribution in [-0.4, -0.2) is 4.98 Å². The Morgan fingerprint density at radius 1 is 1.19 bits per heavy atom. The maximum atomic E-state index is 5.83. The smallest absolute Gasteiger partial charge is 0.126 e. The molecule has 0 saturated heterocycles. The van der Waals surface area contributed by atoms with Crippen LogP contribution in [0.3, 0.4) is 0 Å². The van der Waals surface area contributed by atoms with Gasteiger partial charge in [-0.2, -0.15) is 0 Å². The molecule has 0 aliphatic heterocycles. The third kappa shape index (κ3) is 2.64. The molecule has 1 aromatic heterocycles. The molecule has 0 fully saturated rings. The number of hydrogen-bond donors (Lipinski definition) is 2. The van der Waals surface area contributed by atoms with E-state index in [0.29, 0.717) is 11.6 Å². The van der Waals surface area contributed by atoms with Crippen LogP contribution in [0.4, 0.5) is 11.5 Å². The topological polar surface area (TPSA) is 50.9 Å². The van der Waals surface area contributed by atoms with Crippen molar-refractivity contribution in [3.05, 3.63) is 53.2 Å². The van der Waals surface area contributed by atoms with Gasteiger partial charge in [-0.25, -0.2) is 4.98 Å². The molecule has 0 spiro atoms. The van der Waals surface area contributed by atoms with Crippen LogP contribution in [0.15, 0.2) is 42.6 Å². The van der Waals surface area contributed by atoms with Crippen molar-refractivity contribution in [3.8, 4) is 0 Å². The molecule has 16 heavy (non-hydrogen) atoms. The Bertz CT molecular complexity index is 468. The van der Waals surface area contributed by atoms with Gasteiger partial charge in [-0.15, -0.1) is 0 Å². The fourth-order valence-corrected chi connectivity index (χ4v) is 1.47. The average Bonchev–Trinajstić information content (AvgIpc) is 2.30. The first-order chi connectivity index (χ1) is 7.75. The summed E-state index contributed by atoms with van der Waals surface area (Å²) in [4.78, 5) is 4.14. The third-order valence-corrected chi connectivity index (χ3v) is 2.47. The number of anilines is 2. The lowest BCUT2D eigenvalue weighted by atomic mass is 10.2. The van der Waals surface area contributed by atoms with Gasteiger partial charge in [-0.3, -0.25) is 0 Å². The van der Waals surface area contributed by atoms with Crippen LogP contribution in [0.2, 0.25) is 5.02 Å². The SMILES string of the molecule is Nc1ccccc1CNc1ccc(Cl)cn1. The highest BCUT2D eigenvalue weighted by atomic mass is 35.5. The van der Waals surface area contributed by atoms with Crippen molar-refractivity contribution in [1.82, 2.24) is 4.98 Å². The Kier molecular flexibility index (Phi) is 3.27. The van der Waals surface area contributed by atoms with E-state index in [9.17, 15) is 0 Å². The summed E-state index contributed by atoms with van der Waals surface area (Å²) in [5.41, 5.74) is 7.66. The number of hydrogen-bond acceptors (Lipinski definition) is 3. The number of para-hydroxylation sites is 1. The van der Waals surface area contributed by atoms with Crippen molar-refractivity contribution in [3.63, 3.8) is 0 Å². The monoisotopic (exact) mass is 233 g/mol. The second kappa shape index (κ2) is 4.86. The van der Waals surface area contributed by atoms with E-state index in [2.05, 4.69) is 10.3 Å². The molecule has 0 aliphatic rings. The molecule has 0 aliphatic carbocycles. The lowest BCUT2D eigenvalue weighted by Crippen LogP contribution is -2.03. The van der Waals surface area contributed by atoms with Crippen LogP contribution in [0.25, 0.3) is 0 Å². The molecule has 1 aromatic carbocycles. The molecule has 0 bridgehead atoms. The van der Waals surface area contributed by atoms with E-state index in [1.807, 2.05) is 30.3 Å². The minimum atomic E-state index is 0.629. The first-order valence-corrected chi connectivity index (χ1v) is 5.32. The number of benzene rings is 1. The highest BCUT2D eigenvalue weighted by molar-refractivity contribution is 6.30. The fraction of sp³-hybridized carbons (Fsp3) is 0.0833. The second-order valence-electron chi connectivity index (χ2n) is 3.41. The number of rotatable bonds is 3. The Hall–Kier alpha value is -1.74. The largest absolute Gasteiger partial charge is 0.398 e. The van der Waals surface area contributed by atoms with Crippen molar-refractivity contribution in [1.29, 1.82) is 0 Å². The zero-order valence-corrected chi connectivity index (χ0v) is 9.41. The lowest BCUT2D eigenvalue weighted by Gasteiger charge is -2.07. The van der Waals surface area contributed by atoms with Crippen LogP contribution >= 0.6 is 11.6 Å². The van der Waals surface area contributed by atoms with Gasteiger partial charge < -0.3 is 11.1 Å². The van der Waals surface area contributed by atoms with Crippen molar-refractivity contribution < 1.29 is 0 Å². The van der Waals surface area contributed by atoms with Gasteiger partial charge in [0.1, 0.15) is 5.82 Å². The molecule has 0 unspecified atom stereocenters. The summed E-state index contributed by atoms with van der Waals surface area (Å²) in [5, 5.41) is 3.81. The molecule has 1 heterocycles. The first kappa shape index (κ1) is 10.8. The minimum Gasteiger partial charge on any atom is -0.398 e. The van der Waals surface area contributed by atoms with Crippen molar-refractivity contribution in [2.45, 2.75) is 6.54 Å². The molecule has 0 radical (unpaired) electrons. The Balaban J connectivity index is 2.02. The van der Waals surface area contributed by atoms with Crippen LogP contribution in [0.5, 0.6) is 0 Å². The van der Waals surface area contributed by atoms with E-state index in [1.165, 1.54) is 0 Å². The summed E-state index contributed by atoms with van der Waals surface area (Å²) in [6.07, 6.45) is 1.61. The summed E-state index contributed by atoms with van der Waals surface area (Å²) in [6, 6.07) is 11.4. The highest BCUT2D eigenvalue weighted by Gasteiger charge is 1.98. The van der Waals surface area contributed by atoms with E-state index in [4.69, 9.17) is 17.3 Å². The third-order valence-electron chi connectivity index (χ3n) is 2.24. The maximum absolute atomic E-state index is 5.83. The fourth-order valence-electron chi connectivity index (χ4n) is 1.36. The summed E-state index contributed by atoms with van der Waals surface area (Å²) < 4.78 is 0. The minimum absolute atomic E-state index is 0.629. The van der Waals surface area contributed by atoms with Gasteiger partial charge in [0.2, 0.25) is 0 Å². The molecule has 0 saturated carbocycles. The van der Waals surface area contributed by atoms with Crippen molar-refractivity contribution in [2.24, 2.45) is 0 Å². The quantitative estimate of drug-likeness (QED) is 0.802. The van der Waals surface area contributed by atoms with Gasteiger partial charge in [-0.05, 0) is 23.8 Å². The van der Waals surface area contributed by atoms with Crippen molar-refractivity contribution >= 4 is 23.1 Å². The summed E-state index contributed by atoms with van der Waals surface area (Å²) in [6.45, 7) is 0.654. The summed E-state index contributed by atoms with van der Waals surface area (Å²) in [5.74, 6) is 0.785. The summed E-state index contributed by atoms with van der Waals surface area (Å²) >= 11 is 5.74. The van der Waals surface area contributed by atoms with Gasteiger partial charge in [0, 0.05) is 18.4 Å². The average molecular weight is 234 g/mol. The number of pyridine rings is 1. The van der Waals surface area contributed by atoms with Crippen LogP contribution in [-0.2, 0) is 6.54 Å². The van der Waals surface area contributed by atoms with E-state index < -0.39 is 0 Å². The number of nitrogen functional groups attached to an aromatic ring is 1. The Labute approximate surface area is 99.3 Å². The standard InChI is InChI=1S/C12H12ClN3/c13-10-5-6-12(16-8-10)15-7-9-3-1-2-4-11(9)14/h1-6,8H,7,14H2,(H,15,16). The van der Waals surface area contributed by atoms with E-state index >= 15 is 0 Å². The molecule has 3 nitrogen and oxygen atoms in total. The highest BCUT2D eigenvalue weighted by Crippen LogP contribution is 2.14. The molecular formula is C12H12ClN3. The van der Waals surface area contributed by atoms with Crippen LogP contribution in [0.1, 0.15) is 5.56 Å². The first-order valence-electron chi connectivity index (χ1n) is 4.94. The Morgan fingerprint density at radius 2 is 2.00 bits per heavy atom. The number of nitrogens with zero attached hydrogens (tertiary/aromatic N) is 1. The molecular weight excluding hydrogens is 222 g/mol. The van der Waals surface area contributed by atoms with Crippen molar-refractivity contribution in [2.75, 3.05) is 11.1 Å². The van der Waals surface area contributed by atoms with E-state index in [-0.39, 0.29) is 0 Å². The maximum Gasteiger partial charge on any atom is 0.126 e. The molecule has 2 rings (SSSR count). The number of nitrogens with one attached hydrogen (secondary N) is 1. The van der Waals surface area contributed by atoms with E-state index in [1.54, 1.807) is 12.3 Å². The molecule has 2 aromatic rings. The second-order valence-corrected chi connectivity index (χ2v) is 3.85.